The first-order chi connectivity index (χ1) is 16.0. The molecule has 3 aromatic rings. The van der Waals surface area contributed by atoms with Crippen LogP contribution >= 0.6 is 0 Å². The topological polar surface area (TPSA) is 99.0 Å². The molecule has 8 nitrogen and oxygen atoms in total. The van der Waals surface area contributed by atoms with Crippen molar-refractivity contribution >= 4 is 23.1 Å². The zero-order valence-corrected chi connectivity index (χ0v) is 17.8. The number of morpholine rings is 1. The number of nitro groups is 1. The molecule has 0 bridgehead atoms. The van der Waals surface area contributed by atoms with Crippen LogP contribution in [-0.4, -0.2) is 49.6 Å². The molecule has 0 unspecified atom stereocenters. The maximum atomic E-state index is 12.8. The molecular weight excluding hydrogens is 424 g/mol. The van der Waals surface area contributed by atoms with E-state index in [1.54, 1.807) is 12.1 Å². The van der Waals surface area contributed by atoms with Crippen LogP contribution in [-0.2, 0) is 9.47 Å². The lowest BCUT2D eigenvalue weighted by Gasteiger charge is -2.30. The monoisotopic (exact) mass is 446 g/mol. The molecule has 0 spiro atoms. The fourth-order valence-electron chi connectivity index (χ4n) is 3.65. The lowest BCUT2D eigenvalue weighted by Crippen LogP contribution is -2.37. The van der Waals surface area contributed by atoms with Gasteiger partial charge in [-0.25, -0.2) is 4.79 Å². The van der Waals surface area contributed by atoms with Crippen molar-refractivity contribution in [3.63, 3.8) is 0 Å². The van der Waals surface area contributed by atoms with Crippen LogP contribution in [0, 0.1) is 10.1 Å². The van der Waals surface area contributed by atoms with E-state index in [4.69, 9.17) is 9.47 Å². The third-order valence-electron chi connectivity index (χ3n) is 5.41. The number of non-ortho nitro benzene ring substituents is 1. The normalized spacial score (nSPS) is 13.4. The molecule has 168 valence electrons. The van der Waals surface area contributed by atoms with Gasteiger partial charge in [0.05, 0.1) is 29.4 Å². The average Bonchev–Trinajstić information content (AvgIpc) is 2.87. The van der Waals surface area contributed by atoms with Crippen LogP contribution < -0.4 is 4.90 Å². The molecule has 0 N–H and O–H groups in total. The fourth-order valence-corrected chi connectivity index (χ4v) is 3.65. The standard InChI is InChI=1S/C25H22N2O6/c28-24(20-8-6-19(7-9-20)18-4-2-1-3-5-18)17-33-25(29)22-16-21(27(30)31)10-11-23(22)26-12-14-32-15-13-26/h1-11,16H,12-15,17H2. The van der Waals surface area contributed by atoms with Gasteiger partial charge in [0, 0.05) is 30.8 Å². The van der Waals surface area contributed by atoms with Crippen LogP contribution in [0.5, 0.6) is 0 Å². The van der Waals surface area contributed by atoms with Gasteiger partial charge in [0.2, 0.25) is 0 Å². The maximum absolute atomic E-state index is 12.8. The Kier molecular flexibility index (Phi) is 6.75. The van der Waals surface area contributed by atoms with Crippen LogP contribution in [0.25, 0.3) is 11.1 Å². The highest BCUT2D eigenvalue weighted by Gasteiger charge is 2.23. The Labute approximate surface area is 190 Å². The molecule has 0 aromatic heterocycles. The van der Waals surface area contributed by atoms with Crippen LogP contribution in [0.4, 0.5) is 11.4 Å². The molecule has 1 saturated heterocycles. The van der Waals surface area contributed by atoms with Crippen molar-refractivity contribution < 1.29 is 24.0 Å². The number of hydrogen-bond acceptors (Lipinski definition) is 7. The van der Waals surface area contributed by atoms with Crippen molar-refractivity contribution in [1.82, 2.24) is 0 Å². The minimum Gasteiger partial charge on any atom is -0.454 e. The number of hydrogen-bond donors (Lipinski definition) is 0. The number of rotatable bonds is 7. The number of nitro benzene ring substituents is 1. The molecule has 0 radical (unpaired) electrons. The van der Waals surface area contributed by atoms with E-state index in [1.807, 2.05) is 47.4 Å². The van der Waals surface area contributed by atoms with E-state index in [9.17, 15) is 19.7 Å². The average molecular weight is 446 g/mol. The second-order valence-electron chi connectivity index (χ2n) is 7.50. The van der Waals surface area contributed by atoms with E-state index >= 15 is 0 Å². The Morgan fingerprint density at radius 1 is 0.939 bits per heavy atom. The van der Waals surface area contributed by atoms with Gasteiger partial charge in [-0.15, -0.1) is 0 Å². The molecule has 0 aliphatic carbocycles. The van der Waals surface area contributed by atoms with Crippen molar-refractivity contribution in [2.75, 3.05) is 37.8 Å². The van der Waals surface area contributed by atoms with Gasteiger partial charge in [-0.05, 0) is 17.2 Å². The van der Waals surface area contributed by atoms with E-state index in [0.29, 0.717) is 37.6 Å². The van der Waals surface area contributed by atoms with Crippen molar-refractivity contribution in [2.45, 2.75) is 0 Å². The molecule has 4 rings (SSSR count). The van der Waals surface area contributed by atoms with Gasteiger partial charge in [-0.2, -0.15) is 0 Å². The molecule has 1 aliphatic heterocycles. The first kappa shape index (κ1) is 22.2. The van der Waals surface area contributed by atoms with Gasteiger partial charge in [-0.1, -0.05) is 54.6 Å². The Hall–Kier alpha value is -4.04. The summed E-state index contributed by atoms with van der Waals surface area (Å²) in [6, 6.07) is 20.9. The van der Waals surface area contributed by atoms with E-state index in [0.717, 1.165) is 11.1 Å². The number of carbonyl (C=O) groups is 2. The molecule has 1 aliphatic rings. The summed E-state index contributed by atoms with van der Waals surface area (Å²) in [7, 11) is 0. The second-order valence-corrected chi connectivity index (χ2v) is 7.50. The first-order valence-electron chi connectivity index (χ1n) is 10.5. The van der Waals surface area contributed by atoms with Gasteiger partial charge < -0.3 is 14.4 Å². The third kappa shape index (κ3) is 5.24. The van der Waals surface area contributed by atoms with Gasteiger partial charge in [0.1, 0.15) is 0 Å². The zero-order chi connectivity index (χ0) is 23.2. The Bertz CT molecular complexity index is 1160. The van der Waals surface area contributed by atoms with Gasteiger partial charge >= 0.3 is 5.97 Å². The van der Waals surface area contributed by atoms with Crippen molar-refractivity contribution in [3.05, 3.63) is 94.0 Å². The van der Waals surface area contributed by atoms with Crippen molar-refractivity contribution in [3.8, 4) is 11.1 Å². The van der Waals surface area contributed by atoms with Gasteiger partial charge in [0.25, 0.3) is 5.69 Å². The summed E-state index contributed by atoms with van der Waals surface area (Å²) in [5.74, 6) is -1.14. The Morgan fingerprint density at radius 3 is 2.27 bits per heavy atom. The van der Waals surface area contributed by atoms with Gasteiger partial charge in [0.15, 0.2) is 12.4 Å². The number of carbonyl (C=O) groups excluding carboxylic acids is 2. The molecule has 3 aromatic carbocycles. The summed E-state index contributed by atoms with van der Waals surface area (Å²) in [6.07, 6.45) is 0. The van der Waals surface area contributed by atoms with E-state index in [1.165, 1.54) is 18.2 Å². The predicted molar refractivity (Wildman–Crippen MR) is 123 cm³/mol. The summed E-state index contributed by atoms with van der Waals surface area (Å²) < 4.78 is 10.6. The lowest BCUT2D eigenvalue weighted by atomic mass is 10.0. The summed E-state index contributed by atoms with van der Waals surface area (Å²) in [6.45, 7) is 1.61. The Balaban J connectivity index is 1.47. The highest BCUT2D eigenvalue weighted by atomic mass is 16.6. The number of ether oxygens (including phenoxy) is 2. The van der Waals surface area contributed by atoms with E-state index in [2.05, 4.69) is 0 Å². The molecule has 1 fully saturated rings. The molecule has 0 atom stereocenters. The Morgan fingerprint density at radius 2 is 1.61 bits per heavy atom. The van der Waals surface area contributed by atoms with Crippen molar-refractivity contribution in [1.29, 1.82) is 0 Å². The number of anilines is 1. The number of nitrogens with zero attached hydrogens (tertiary/aromatic N) is 2. The first-order valence-corrected chi connectivity index (χ1v) is 10.5. The zero-order valence-electron chi connectivity index (χ0n) is 17.8. The van der Waals surface area contributed by atoms with E-state index < -0.39 is 17.5 Å². The summed E-state index contributed by atoms with van der Waals surface area (Å²) in [5.41, 5.74) is 2.77. The van der Waals surface area contributed by atoms with Crippen molar-refractivity contribution in [2.24, 2.45) is 0 Å². The smallest absolute Gasteiger partial charge is 0.340 e. The number of benzene rings is 3. The molecule has 0 saturated carbocycles. The number of esters is 1. The minimum absolute atomic E-state index is 0.0540. The lowest BCUT2D eigenvalue weighted by molar-refractivity contribution is -0.384. The molecule has 33 heavy (non-hydrogen) atoms. The molecular formula is C25H22N2O6. The number of Topliss-reactive ketones (excluding diaryl/α,β-unsaturated/α-hetero) is 1. The SMILES string of the molecule is O=C(COC(=O)c1cc([N+](=O)[O-])ccc1N1CCOCC1)c1ccc(-c2ccccc2)cc1. The second kappa shape index (κ2) is 10.1. The quantitative estimate of drug-likeness (QED) is 0.233. The van der Waals surface area contributed by atoms with E-state index in [-0.39, 0.29) is 17.0 Å². The summed E-state index contributed by atoms with van der Waals surface area (Å²) in [5, 5.41) is 11.2. The summed E-state index contributed by atoms with van der Waals surface area (Å²) >= 11 is 0. The molecule has 1 heterocycles. The number of ketones is 1. The summed E-state index contributed by atoms with van der Waals surface area (Å²) in [4.78, 5) is 37.9. The molecule has 8 heteroatoms. The minimum atomic E-state index is -0.783. The van der Waals surface area contributed by atoms with Crippen LogP contribution in [0.2, 0.25) is 0 Å². The maximum Gasteiger partial charge on any atom is 0.340 e. The van der Waals surface area contributed by atoms with Crippen LogP contribution in [0.3, 0.4) is 0 Å². The van der Waals surface area contributed by atoms with Crippen LogP contribution in [0.1, 0.15) is 20.7 Å². The largest absolute Gasteiger partial charge is 0.454 e. The van der Waals surface area contributed by atoms with Gasteiger partial charge in [-0.3, -0.25) is 14.9 Å². The third-order valence-corrected chi connectivity index (χ3v) is 5.41. The highest BCUT2D eigenvalue weighted by molar-refractivity contribution is 6.01. The predicted octanol–water partition coefficient (Wildman–Crippen LogP) is 4.14. The highest BCUT2D eigenvalue weighted by Crippen LogP contribution is 2.27. The fraction of sp³-hybridized carbons (Fsp3) is 0.200. The van der Waals surface area contributed by atoms with Crippen LogP contribution in [0.15, 0.2) is 72.8 Å². The molecule has 0 amide bonds.